The molecule has 0 spiro atoms. The highest BCUT2D eigenvalue weighted by atomic mass is 32.1. The molecule has 0 radical (unpaired) electrons. The average molecular weight is 469 g/mol. The second kappa shape index (κ2) is 7.85. The number of halogens is 3. The Morgan fingerprint density at radius 2 is 1.79 bits per heavy atom. The van der Waals surface area contributed by atoms with E-state index >= 15 is 0 Å². The van der Waals surface area contributed by atoms with E-state index in [4.69, 9.17) is 4.74 Å². The number of carbonyl (C=O) groups excluding carboxylic acids is 1. The number of hydrogen-bond donors (Lipinski definition) is 0. The molecule has 166 valence electrons. The number of thiazole rings is 1. The highest BCUT2D eigenvalue weighted by Gasteiger charge is 2.30. The fourth-order valence-electron chi connectivity index (χ4n) is 3.37. The summed E-state index contributed by atoms with van der Waals surface area (Å²) in [5.41, 5.74) is 1.14. The Bertz CT molecular complexity index is 1450. The lowest BCUT2D eigenvalue weighted by Crippen LogP contribution is -2.07. The maximum absolute atomic E-state index is 13.4. The lowest BCUT2D eigenvalue weighted by molar-refractivity contribution is -0.137. The molecule has 11 heteroatoms. The maximum atomic E-state index is 13.4. The van der Waals surface area contributed by atoms with Crippen LogP contribution in [0.1, 0.15) is 21.7 Å². The van der Waals surface area contributed by atoms with Crippen molar-refractivity contribution in [3.63, 3.8) is 0 Å². The van der Waals surface area contributed by atoms with Gasteiger partial charge in [-0.2, -0.15) is 13.2 Å². The van der Waals surface area contributed by atoms with Crippen LogP contribution in [0.15, 0.2) is 66.3 Å². The summed E-state index contributed by atoms with van der Waals surface area (Å²) in [7, 11) is 1.57. The van der Waals surface area contributed by atoms with Gasteiger partial charge in [0.2, 0.25) is 5.78 Å². The summed E-state index contributed by atoms with van der Waals surface area (Å²) in [6, 6.07) is 11.6. The van der Waals surface area contributed by atoms with E-state index < -0.39 is 17.5 Å². The number of imidazole rings is 1. The van der Waals surface area contributed by atoms with Crippen molar-refractivity contribution in [3.8, 4) is 22.7 Å². The van der Waals surface area contributed by atoms with E-state index in [-0.39, 0.29) is 5.69 Å². The van der Waals surface area contributed by atoms with Crippen molar-refractivity contribution < 1.29 is 22.7 Å². The molecule has 2 aromatic carbocycles. The van der Waals surface area contributed by atoms with Crippen LogP contribution in [0.2, 0.25) is 0 Å². The van der Waals surface area contributed by atoms with E-state index in [1.807, 2.05) is 5.38 Å². The zero-order valence-corrected chi connectivity index (χ0v) is 17.8. The topological polar surface area (TPSA) is 74.3 Å². The number of rotatable bonds is 5. The second-order valence-corrected chi connectivity index (χ2v) is 7.89. The van der Waals surface area contributed by atoms with Crippen LogP contribution in [-0.2, 0) is 6.18 Å². The van der Waals surface area contributed by atoms with Gasteiger partial charge >= 0.3 is 6.18 Å². The summed E-state index contributed by atoms with van der Waals surface area (Å²) in [5.74, 6) is 0.261. The number of benzene rings is 2. The van der Waals surface area contributed by atoms with Crippen molar-refractivity contribution in [3.05, 3.63) is 83.3 Å². The van der Waals surface area contributed by atoms with Gasteiger partial charge in [0.1, 0.15) is 17.1 Å². The Balaban J connectivity index is 1.52. The van der Waals surface area contributed by atoms with E-state index in [0.29, 0.717) is 27.8 Å². The van der Waals surface area contributed by atoms with E-state index in [1.165, 1.54) is 34.3 Å². The van der Waals surface area contributed by atoms with Crippen molar-refractivity contribution >= 4 is 22.1 Å². The molecule has 0 N–H and O–H groups in total. The highest BCUT2D eigenvalue weighted by Crippen LogP contribution is 2.31. The summed E-state index contributed by atoms with van der Waals surface area (Å²) < 4.78 is 46.6. The number of ether oxygens (including phenoxy) is 1. The van der Waals surface area contributed by atoms with Crippen LogP contribution in [0.4, 0.5) is 13.2 Å². The molecular formula is C22H14F3N5O2S. The lowest BCUT2D eigenvalue weighted by Gasteiger charge is -2.07. The van der Waals surface area contributed by atoms with Gasteiger partial charge in [0.25, 0.3) is 0 Å². The first-order valence-electron chi connectivity index (χ1n) is 9.60. The number of nitrogens with zero attached hydrogens (tertiary/aromatic N) is 5. The second-order valence-electron chi connectivity index (χ2n) is 7.02. The minimum absolute atomic E-state index is 0.0395. The summed E-state index contributed by atoms with van der Waals surface area (Å²) in [6.07, 6.45) is -1.31. The highest BCUT2D eigenvalue weighted by molar-refractivity contribution is 7.15. The number of ketones is 1. The van der Waals surface area contributed by atoms with Gasteiger partial charge in [0, 0.05) is 17.1 Å². The van der Waals surface area contributed by atoms with Gasteiger partial charge in [-0.25, -0.2) is 9.67 Å². The third-order valence-electron chi connectivity index (χ3n) is 5.03. The SMILES string of the molecule is COc1ccc(-c2nc3sccn3c2C(=O)c2cn(-c3ccc(C(F)(F)F)cc3)nn2)cc1. The molecule has 7 nitrogen and oxygen atoms in total. The first-order valence-corrected chi connectivity index (χ1v) is 10.5. The van der Waals surface area contributed by atoms with Crippen LogP contribution in [0.25, 0.3) is 21.9 Å². The lowest BCUT2D eigenvalue weighted by atomic mass is 10.1. The number of aromatic nitrogens is 5. The van der Waals surface area contributed by atoms with Crippen LogP contribution in [0.5, 0.6) is 5.75 Å². The Kier molecular flexibility index (Phi) is 4.97. The molecule has 0 amide bonds. The molecule has 0 fully saturated rings. The molecular weight excluding hydrogens is 455 g/mol. The third kappa shape index (κ3) is 3.76. The van der Waals surface area contributed by atoms with Gasteiger partial charge in [-0.15, -0.1) is 16.4 Å². The van der Waals surface area contributed by atoms with E-state index in [2.05, 4.69) is 15.3 Å². The van der Waals surface area contributed by atoms with Crippen LogP contribution in [0.3, 0.4) is 0 Å². The molecule has 3 aromatic heterocycles. The number of alkyl halides is 3. The van der Waals surface area contributed by atoms with Crippen LogP contribution >= 0.6 is 11.3 Å². The minimum atomic E-state index is -4.44. The van der Waals surface area contributed by atoms with Crippen LogP contribution < -0.4 is 4.74 Å². The molecule has 0 atom stereocenters. The van der Waals surface area contributed by atoms with Gasteiger partial charge in [-0.05, 0) is 48.5 Å². The zero-order valence-electron chi connectivity index (χ0n) is 16.9. The first-order chi connectivity index (χ1) is 15.8. The van der Waals surface area contributed by atoms with Crippen molar-refractivity contribution in [2.45, 2.75) is 6.18 Å². The van der Waals surface area contributed by atoms with Gasteiger partial charge in [-0.1, -0.05) is 5.21 Å². The van der Waals surface area contributed by atoms with Crippen molar-refractivity contribution in [2.24, 2.45) is 0 Å². The summed E-state index contributed by atoms with van der Waals surface area (Å²) >= 11 is 1.38. The van der Waals surface area contributed by atoms with Crippen molar-refractivity contribution in [1.29, 1.82) is 0 Å². The predicted octanol–water partition coefficient (Wildman–Crippen LogP) is 4.90. The molecule has 0 saturated carbocycles. The molecule has 3 heterocycles. The summed E-state index contributed by atoms with van der Waals surface area (Å²) in [5, 5.41) is 9.69. The number of hydrogen-bond acceptors (Lipinski definition) is 6. The normalized spacial score (nSPS) is 11.8. The van der Waals surface area contributed by atoms with Crippen LogP contribution in [0, 0.1) is 0 Å². The predicted molar refractivity (Wildman–Crippen MR) is 115 cm³/mol. The maximum Gasteiger partial charge on any atom is 0.416 e. The molecule has 5 rings (SSSR count). The smallest absolute Gasteiger partial charge is 0.416 e. The van der Waals surface area contributed by atoms with Crippen molar-refractivity contribution in [2.75, 3.05) is 7.11 Å². The molecule has 0 aliphatic rings. The zero-order chi connectivity index (χ0) is 23.2. The molecule has 0 unspecified atom stereocenters. The largest absolute Gasteiger partial charge is 0.497 e. The Morgan fingerprint density at radius 3 is 2.45 bits per heavy atom. The Morgan fingerprint density at radius 1 is 1.06 bits per heavy atom. The van der Waals surface area contributed by atoms with Crippen LogP contribution in [-0.4, -0.2) is 37.3 Å². The molecule has 0 saturated heterocycles. The van der Waals surface area contributed by atoms with Gasteiger partial charge < -0.3 is 4.74 Å². The number of carbonyl (C=O) groups is 1. The monoisotopic (exact) mass is 469 g/mol. The molecule has 0 aliphatic carbocycles. The fourth-order valence-corrected chi connectivity index (χ4v) is 4.09. The van der Waals surface area contributed by atoms with E-state index in [9.17, 15) is 18.0 Å². The minimum Gasteiger partial charge on any atom is -0.497 e. The summed E-state index contributed by atoms with van der Waals surface area (Å²) in [4.78, 5) is 18.7. The third-order valence-corrected chi connectivity index (χ3v) is 5.78. The molecule has 33 heavy (non-hydrogen) atoms. The van der Waals surface area contributed by atoms with Gasteiger partial charge in [-0.3, -0.25) is 9.20 Å². The average Bonchev–Trinajstić information content (AvgIpc) is 3.54. The first kappa shape index (κ1) is 20.9. The Hall–Kier alpha value is -3.99. The molecule has 0 aliphatic heterocycles. The van der Waals surface area contributed by atoms with E-state index in [1.54, 1.807) is 42.0 Å². The Labute approximate surface area is 188 Å². The van der Waals surface area contributed by atoms with E-state index in [0.717, 1.165) is 17.7 Å². The number of methoxy groups -OCH3 is 1. The summed E-state index contributed by atoms with van der Waals surface area (Å²) in [6.45, 7) is 0. The quantitative estimate of drug-likeness (QED) is 0.342. The van der Waals surface area contributed by atoms with Gasteiger partial charge in [0.15, 0.2) is 10.7 Å². The fraction of sp³-hybridized carbons (Fsp3) is 0.0909. The molecule has 5 aromatic rings. The van der Waals surface area contributed by atoms with Gasteiger partial charge in [0.05, 0.1) is 24.6 Å². The number of fused-ring (bicyclic) bond motifs is 1. The standard InChI is InChI=1S/C22H14F3N5O2S/c1-32-16-8-2-13(3-9-16)18-19(29-10-11-33-21(29)26-18)20(31)17-12-30(28-27-17)15-6-4-14(5-7-15)22(23,24)25/h2-12H,1H3. The molecule has 0 bridgehead atoms. The van der Waals surface area contributed by atoms with Crippen molar-refractivity contribution in [1.82, 2.24) is 24.4 Å².